The van der Waals surface area contributed by atoms with Crippen LogP contribution in [0.4, 0.5) is 14.5 Å². The van der Waals surface area contributed by atoms with Gasteiger partial charge in [-0.1, -0.05) is 18.9 Å². The van der Waals surface area contributed by atoms with Crippen molar-refractivity contribution in [2.75, 3.05) is 63.1 Å². The highest BCUT2D eigenvalue weighted by Crippen LogP contribution is 2.38. The van der Waals surface area contributed by atoms with E-state index >= 15 is 0 Å². The highest BCUT2D eigenvalue weighted by atomic mass is 32.2. The minimum absolute atomic E-state index is 0.0702. The fraction of sp³-hybridized carbons (Fsp3) is 0.565. The summed E-state index contributed by atoms with van der Waals surface area (Å²) in [7, 11) is 0. The summed E-state index contributed by atoms with van der Waals surface area (Å²) in [6, 6.07) is 2.11. The summed E-state index contributed by atoms with van der Waals surface area (Å²) in [5.74, 6) is -1.17. The number of aromatic nitrogens is 1. The Morgan fingerprint density at radius 2 is 1.79 bits per heavy atom. The van der Waals surface area contributed by atoms with Crippen LogP contribution in [0, 0.1) is 11.6 Å². The molecule has 7 nitrogen and oxygen atoms in total. The van der Waals surface area contributed by atoms with Crippen molar-refractivity contribution < 1.29 is 23.0 Å². The molecule has 1 amide bonds. The van der Waals surface area contributed by atoms with Gasteiger partial charge in [0, 0.05) is 75.5 Å². The number of carbonyl (C=O) groups excluding carboxylic acids is 1. The monoisotopic (exact) mass is 478 g/mol. The highest BCUT2D eigenvalue weighted by molar-refractivity contribution is 7.96. The van der Waals surface area contributed by atoms with Gasteiger partial charge in [-0.2, -0.15) is 0 Å². The molecule has 3 fully saturated rings. The number of piperazine rings is 1. The number of halogens is 2. The zero-order valence-electron chi connectivity index (χ0n) is 18.7. The molecule has 0 radical (unpaired) electrons. The van der Waals surface area contributed by atoms with Gasteiger partial charge < -0.3 is 19.3 Å². The van der Waals surface area contributed by atoms with Crippen LogP contribution in [-0.4, -0.2) is 84.1 Å². The van der Waals surface area contributed by atoms with E-state index < -0.39 is 17.4 Å². The predicted octanol–water partition coefficient (Wildman–Crippen LogP) is 3.28. The van der Waals surface area contributed by atoms with E-state index in [2.05, 4.69) is 16.2 Å². The number of rotatable bonds is 4. The first-order valence-electron chi connectivity index (χ1n) is 11.5. The Bertz CT molecular complexity index is 1030. The number of pyridine rings is 1. The van der Waals surface area contributed by atoms with Crippen molar-refractivity contribution in [3.05, 3.63) is 35.5 Å². The highest BCUT2D eigenvalue weighted by Gasteiger charge is 2.41. The van der Waals surface area contributed by atoms with Crippen LogP contribution < -0.4 is 4.90 Å². The SMILES string of the molecule is CCSN1CCN(C(=O)c2cnc3c(F)cc(F)cc3c2N2CCC3(CC2)OCCO3)CC1. The molecule has 2 aromatic rings. The predicted molar refractivity (Wildman–Crippen MR) is 123 cm³/mol. The van der Waals surface area contributed by atoms with Crippen molar-refractivity contribution in [1.29, 1.82) is 0 Å². The number of ether oxygens (including phenoxy) is 2. The molecule has 5 rings (SSSR count). The zero-order chi connectivity index (χ0) is 23.0. The first-order chi connectivity index (χ1) is 16.0. The Balaban J connectivity index is 1.49. The van der Waals surface area contributed by atoms with Crippen LogP contribution in [0.1, 0.15) is 30.1 Å². The van der Waals surface area contributed by atoms with Crippen LogP contribution >= 0.6 is 11.9 Å². The number of anilines is 1. The molecule has 33 heavy (non-hydrogen) atoms. The molecule has 0 atom stereocenters. The fourth-order valence-electron chi connectivity index (χ4n) is 4.94. The molecule has 4 heterocycles. The molecule has 0 saturated carbocycles. The van der Waals surface area contributed by atoms with E-state index in [1.807, 2.05) is 9.80 Å². The van der Waals surface area contributed by atoms with Gasteiger partial charge in [-0.05, 0) is 6.07 Å². The third-order valence-electron chi connectivity index (χ3n) is 6.58. The van der Waals surface area contributed by atoms with Crippen LogP contribution in [0.2, 0.25) is 0 Å². The van der Waals surface area contributed by atoms with Gasteiger partial charge in [-0.25, -0.2) is 13.1 Å². The lowest BCUT2D eigenvalue weighted by Crippen LogP contribution is -2.48. The number of amides is 1. The number of nitrogens with zero attached hydrogens (tertiary/aromatic N) is 4. The van der Waals surface area contributed by atoms with Gasteiger partial charge in [-0.3, -0.25) is 9.78 Å². The summed E-state index contributed by atoms with van der Waals surface area (Å²) in [4.78, 5) is 21.6. The number of piperidine rings is 1. The van der Waals surface area contributed by atoms with Crippen LogP contribution in [-0.2, 0) is 9.47 Å². The second-order valence-electron chi connectivity index (χ2n) is 8.54. The normalized spacial score (nSPS) is 21.3. The number of hydrogen-bond acceptors (Lipinski definition) is 7. The van der Waals surface area contributed by atoms with Crippen LogP contribution in [0.25, 0.3) is 10.9 Å². The molecule has 3 saturated heterocycles. The number of hydrogen-bond donors (Lipinski definition) is 0. The van der Waals surface area contributed by atoms with E-state index in [0.29, 0.717) is 68.9 Å². The van der Waals surface area contributed by atoms with Gasteiger partial charge >= 0.3 is 0 Å². The summed E-state index contributed by atoms with van der Waals surface area (Å²) in [6.45, 7) is 7.13. The van der Waals surface area contributed by atoms with Crippen molar-refractivity contribution in [3.63, 3.8) is 0 Å². The van der Waals surface area contributed by atoms with E-state index in [0.717, 1.165) is 24.9 Å². The van der Waals surface area contributed by atoms with Gasteiger partial charge in [-0.15, -0.1) is 0 Å². The maximum atomic E-state index is 14.6. The van der Waals surface area contributed by atoms with E-state index in [1.165, 1.54) is 12.3 Å². The van der Waals surface area contributed by atoms with E-state index in [-0.39, 0.29) is 11.4 Å². The van der Waals surface area contributed by atoms with Crippen LogP contribution in [0.15, 0.2) is 18.3 Å². The summed E-state index contributed by atoms with van der Waals surface area (Å²) in [6.07, 6.45) is 2.69. The summed E-state index contributed by atoms with van der Waals surface area (Å²) >= 11 is 1.77. The molecule has 0 unspecified atom stereocenters. The standard InChI is InChI=1S/C23H28F2N4O3S/c1-2-33-29-9-7-28(8-10-29)22(30)18-15-26-20-17(13-16(24)14-19(20)25)21(18)27-5-3-23(4-6-27)31-11-12-32-23/h13-15H,2-12H2,1H3. The lowest BCUT2D eigenvalue weighted by Gasteiger charge is -2.40. The van der Waals surface area contributed by atoms with Crippen molar-refractivity contribution in [1.82, 2.24) is 14.2 Å². The second kappa shape index (κ2) is 9.32. The lowest BCUT2D eigenvalue weighted by atomic mass is 9.99. The third-order valence-corrected chi connectivity index (χ3v) is 7.57. The third kappa shape index (κ3) is 4.41. The molecule has 0 N–H and O–H groups in total. The average Bonchev–Trinajstić information content (AvgIpc) is 3.27. The minimum Gasteiger partial charge on any atom is -0.370 e. The molecular weight excluding hydrogens is 450 g/mol. The van der Waals surface area contributed by atoms with Gasteiger partial charge in [0.2, 0.25) is 0 Å². The maximum absolute atomic E-state index is 14.6. The quantitative estimate of drug-likeness (QED) is 0.625. The van der Waals surface area contributed by atoms with E-state index in [4.69, 9.17) is 9.47 Å². The molecule has 1 aromatic heterocycles. The topological polar surface area (TPSA) is 58.1 Å². The fourth-order valence-corrected chi connectivity index (χ4v) is 5.73. The molecule has 3 aliphatic rings. The summed E-state index contributed by atoms with van der Waals surface area (Å²) in [5.41, 5.74) is 0.996. The van der Waals surface area contributed by atoms with Crippen molar-refractivity contribution >= 4 is 34.4 Å². The molecule has 178 valence electrons. The van der Waals surface area contributed by atoms with Crippen molar-refractivity contribution in [2.45, 2.75) is 25.6 Å². The second-order valence-corrected chi connectivity index (χ2v) is 9.89. The summed E-state index contributed by atoms with van der Waals surface area (Å²) in [5, 5.41) is 0.322. The van der Waals surface area contributed by atoms with Crippen molar-refractivity contribution in [2.24, 2.45) is 0 Å². The minimum atomic E-state index is -0.730. The van der Waals surface area contributed by atoms with Crippen LogP contribution in [0.3, 0.4) is 0 Å². The van der Waals surface area contributed by atoms with Crippen LogP contribution in [0.5, 0.6) is 0 Å². The molecule has 1 aromatic carbocycles. The Morgan fingerprint density at radius 1 is 1.09 bits per heavy atom. The molecule has 10 heteroatoms. The van der Waals surface area contributed by atoms with Gasteiger partial charge in [0.25, 0.3) is 5.91 Å². The van der Waals surface area contributed by atoms with Gasteiger partial charge in [0.15, 0.2) is 11.6 Å². The number of benzene rings is 1. The molecule has 3 aliphatic heterocycles. The maximum Gasteiger partial charge on any atom is 0.257 e. The average molecular weight is 479 g/mol. The molecular formula is C23H28F2N4O3S. The molecule has 1 spiro atoms. The summed E-state index contributed by atoms with van der Waals surface area (Å²) < 4.78 is 42.8. The Kier molecular flexibility index (Phi) is 6.43. The Labute approximate surface area is 196 Å². The largest absolute Gasteiger partial charge is 0.370 e. The smallest absolute Gasteiger partial charge is 0.257 e. The first kappa shape index (κ1) is 22.8. The Morgan fingerprint density at radius 3 is 2.45 bits per heavy atom. The van der Waals surface area contributed by atoms with E-state index in [1.54, 1.807) is 11.9 Å². The van der Waals surface area contributed by atoms with Gasteiger partial charge in [0.1, 0.15) is 11.3 Å². The molecule has 0 bridgehead atoms. The lowest BCUT2D eigenvalue weighted by molar-refractivity contribution is -0.169. The zero-order valence-corrected chi connectivity index (χ0v) is 19.5. The number of carbonyl (C=O) groups is 1. The molecule has 0 aliphatic carbocycles. The Hall–Kier alpha value is -2.01. The first-order valence-corrected chi connectivity index (χ1v) is 12.4. The van der Waals surface area contributed by atoms with Crippen molar-refractivity contribution in [3.8, 4) is 0 Å². The number of fused-ring (bicyclic) bond motifs is 1. The van der Waals surface area contributed by atoms with E-state index in [9.17, 15) is 13.6 Å². The van der Waals surface area contributed by atoms with Gasteiger partial charge in [0.05, 0.1) is 24.5 Å².